The second-order valence-electron chi connectivity index (χ2n) is 4.32. The molecule has 1 heterocycles. The summed E-state index contributed by atoms with van der Waals surface area (Å²) in [5.74, 6) is 0.834. The number of rotatable bonds is 4. The summed E-state index contributed by atoms with van der Waals surface area (Å²) in [7, 11) is 0. The fourth-order valence-corrected chi connectivity index (χ4v) is 3.05. The first-order valence-corrected chi connectivity index (χ1v) is 7.70. The fourth-order valence-electron chi connectivity index (χ4n) is 1.66. The van der Waals surface area contributed by atoms with Crippen LogP contribution >= 0.6 is 33.9 Å². The third-order valence-corrected chi connectivity index (χ3v) is 4.28. The Morgan fingerprint density at radius 3 is 2.33 bits per heavy atom. The molecule has 2 aromatic rings. The Morgan fingerprint density at radius 2 is 1.83 bits per heavy atom. The van der Waals surface area contributed by atoms with Gasteiger partial charge >= 0.3 is 0 Å². The smallest absolute Gasteiger partial charge is 0.119 e. The summed E-state index contributed by atoms with van der Waals surface area (Å²) in [6.45, 7) is 3.99. The van der Waals surface area contributed by atoms with E-state index in [-0.39, 0.29) is 6.10 Å². The maximum Gasteiger partial charge on any atom is 0.119 e. The molecule has 1 atom stereocenters. The van der Waals surface area contributed by atoms with Gasteiger partial charge in [0, 0.05) is 0 Å². The average Bonchev–Trinajstić information content (AvgIpc) is 2.75. The van der Waals surface area contributed by atoms with Crippen molar-refractivity contribution in [1.82, 2.24) is 0 Å². The van der Waals surface area contributed by atoms with Gasteiger partial charge in [0.05, 0.1) is 8.99 Å². The average molecular weight is 374 g/mol. The molecule has 2 nitrogen and oxygen atoms in total. The Hall–Kier alpha value is -0.590. The molecule has 4 heteroatoms. The first-order chi connectivity index (χ1) is 8.56. The van der Waals surface area contributed by atoms with Crippen molar-refractivity contribution in [2.24, 2.45) is 0 Å². The van der Waals surface area contributed by atoms with Crippen LogP contribution in [0.5, 0.6) is 5.75 Å². The van der Waals surface area contributed by atoms with Crippen molar-refractivity contribution >= 4 is 33.9 Å². The summed E-state index contributed by atoms with van der Waals surface area (Å²) in [5.41, 5.74) is 1.84. The monoisotopic (exact) mass is 374 g/mol. The number of benzene rings is 1. The summed E-state index contributed by atoms with van der Waals surface area (Å²) >= 11 is 3.90. The zero-order valence-corrected chi connectivity index (χ0v) is 13.2. The number of ether oxygens (including phenoxy) is 1. The van der Waals surface area contributed by atoms with E-state index in [1.54, 1.807) is 11.3 Å². The fraction of sp³-hybridized carbons (Fsp3) is 0.286. The summed E-state index contributed by atoms with van der Waals surface area (Å²) in [5, 5.41) is 12.2. The van der Waals surface area contributed by atoms with E-state index in [9.17, 15) is 5.11 Å². The molecule has 2 rings (SSSR count). The molecule has 0 radical (unpaired) electrons. The first-order valence-electron chi connectivity index (χ1n) is 5.75. The van der Waals surface area contributed by atoms with Crippen LogP contribution < -0.4 is 4.74 Å². The molecule has 0 spiro atoms. The van der Waals surface area contributed by atoms with Crippen LogP contribution in [0, 0.1) is 2.88 Å². The number of thiophene rings is 1. The molecule has 1 aromatic heterocycles. The predicted molar refractivity (Wildman–Crippen MR) is 83.3 cm³/mol. The molecule has 0 aliphatic heterocycles. The minimum Gasteiger partial charge on any atom is -0.491 e. The highest BCUT2D eigenvalue weighted by atomic mass is 127. The molecule has 1 unspecified atom stereocenters. The van der Waals surface area contributed by atoms with E-state index in [0.29, 0.717) is 0 Å². The number of hydrogen-bond donors (Lipinski definition) is 1. The van der Waals surface area contributed by atoms with Gasteiger partial charge < -0.3 is 9.84 Å². The van der Waals surface area contributed by atoms with E-state index in [2.05, 4.69) is 22.6 Å². The standard InChI is InChI=1S/C14H15IO2S/c1-9(2)17-12-5-3-10(4-6-12)14(16)11-7-13(15)18-8-11/h3-9,14,16H,1-2H3. The van der Waals surface area contributed by atoms with Crippen molar-refractivity contribution in [3.05, 3.63) is 49.7 Å². The maximum absolute atomic E-state index is 10.2. The van der Waals surface area contributed by atoms with E-state index >= 15 is 0 Å². The highest BCUT2D eigenvalue weighted by Gasteiger charge is 2.12. The van der Waals surface area contributed by atoms with Gasteiger partial charge in [-0.2, -0.15) is 0 Å². The van der Waals surface area contributed by atoms with Crippen LogP contribution in [0.25, 0.3) is 0 Å². The third-order valence-electron chi connectivity index (χ3n) is 2.47. The predicted octanol–water partition coefficient (Wildman–Crippen LogP) is 4.22. The highest BCUT2D eigenvalue weighted by Crippen LogP contribution is 2.28. The van der Waals surface area contributed by atoms with Crippen LogP contribution in [0.1, 0.15) is 31.1 Å². The molecule has 0 fully saturated rings. The molecular formula is C14H15IO2S. The zero-order chi connectivity index (χ0) is 13.1. The Balaban J connectivity index is 2.14. The lowest BCUT2D eigenvalue weighted by molar-refractivity contribution is 0.220. The molecule has 1 N–H and O–H groups in total. The van der Waals surface area contributed by atoms with E-state index in [1.807, 2.05) is 49.6 Å². The van der Waals surface area contributed by atoms with Crippen LogP contribution in [-0.2, 0) is 0 Å². The van der Waals surface area contributed by atoms with Crippen molar-refractivity contribution in [1.29, 1.82) is 0 Å². The van der Waals surface area contributed by atoms with Crippen molar-refractivity contribution in [3.63, 3.8) is 0 Å². The molecule has 0 aliphatic carbocycles. The normalized spacial score (nSPS) is 12.7. The lowest BCUT2D eigenvalue weighted by Crippen LogP contribution is -2.05. The Morgan fingerprint density at radius 1 is 1.17 bits per heavy atom. The molecular weight excluding hydrogens is 359 g/mol. The van der Waals surface area contributed by atoms with E-state index < -0.39 is 6.10 Å². The van der Waals surface area contributed by atoms with Crippen LogP contribution in [0.2, 0.25) is 0 Å². The molecule has 0 saturated carbocycles. The molecule has 0 saturated heterocycles. The minimum atomic E-state index is -0.558. The maximum atomic E-state index is 10.2. The number of aliphatic hydroxyl groups excluding tert-OH is 1. The van der Waals surface area contributed by atoms with Gasteiger partial charge in [-0.05, 0) is 71.1 Å². The van der Waals surface area contributed by atoms with Gasteiger partial charge in [-0.3, -0.25) is 0 Å². The van der Waals surface area contributed by atoms with Crippen molar-refractivity contribution in [3.8, 4) is 5.75 Å². The van der Waals surface area contributed by atoms with E-state index in [4.69, 9.17) is 4.74 Å². The van der Waals surface area contributed by atoms with Gasteiger partial charge in [-0.25, -0.2) is 0 Å². The highest BCUT2D eigenvalue weighted by molar-refractivity contribution is 14.1. The quantitative estimate of drug-likeness (QED) is 0.812. The largest absolute Gasteiger partial charge is 0.491 e. The molecule has 0 bridgehead atoms. The van der Waals surface area contributed by atoms with Crippen LogP contribution in [-0.4, -0.2) is 11.2 Å². The van der Waals surface area contributed by atoms with Crippen molar-refractivity contribution < 1.29 is 9.84 Å². The number of aliphatic hydroxyl groups is 1. The summed E-state index contributed by atoms with van der Waals surface area (Å²) < 4.78 is 6.76. The van der Waals surface area contributed by atoms with Crippen molar-refractivity contribution in [2.75, 3.05) is 0 Å². The molecule has 0 amide bonds. The zero-order valence-electron chi connectivity index (χ0n) is 10.3. The number of halogens is 1. The summed E-state index contributed by atoms with van der Waals surface area (Å²) in [4.78, 5) is 0. The molecule has 1 aromatic carbocycles. The van der Waals surface area contributed by atoms with Gasteiger partial charge in [-0.1, -0.05) is 12.1 Å². The summed E-state index contributed by atoms with van der Waals surface area (Å²) in [6.07, 6.45) is -0.392. The lowest BCUT2D eigenvalue weighted by Gasteiger charge is -2.12. The van der Waals surface area contributed by atoms with Gasteiger partial charge in [0.15, 0.2) is 0 Å². The third kappa shape index (κ3) is 3.46. The summed E-state index contributed by atoms with van der Waals surface area (Å²) in [6, 6.07) is 9.63. The van der Waals surface area contributed by atoms with Gasteiger partial charge in [0.2, 0.25) is 0 Å². The van der Waals surface area contributed by atoms with Crippen molar-refractivity contribution in [2.45, 2.75) is 26.1 Å². The second-order valence-corrected chi connectivity index (χ2v) is 7.13. The number of hydrogen-bond acceptors (Lipinski definition) is 3. The van der Waals surface area contributed by atoms with Gasteiger partial charge in [0.25, 0.3) is 0 Å². The van der Waals surface area contributed by atoms with Crippen LogP contribution in [0.4, 0.5) is 0 Å². The molecule has 96 valence electrons. The Labute approximate surface area is 125 Å². The SMILES string of the molecule is CC(C)Oc1ccc(C(O)c2csc(I)c2)cc1. The minimum absolute atomic E-state index is 0.166. The first kappa shape index (κ1) is 13.8. The van der Waals surface area contributed by atoms with Crippen LogP contribution in [0.15, 0.2) is 35.7 Å². The van der Waals surface area contributed by atoms with Gasteiger partial charge in [0.1, 0.15) is 11.9 Å². The second kappa shape index (κ2) is 6.04. The van der Waals surface area contributed by atoms with E-state index in [1.165, 1.54) is 2.88 Å². The Bertz CT molecular complexity index is 505. The molecule has 18 heavy (non-hydrogen) atoms. The van der Waals surface area contributed by atoms with Crippen LogP contribution in [0.3, 0.4) is 0 Å². The molecule has 0 aliphatic rings. The Kier molecular flexibility index (Phi) is 4.64. The topological polar surface area (TPSA) is 29.5 Å². The lowest BCUT2D eigenvalue weighted by atomic mass is 10.0. The van der Waals surface area contributed by atoms with Gasteiger partial charge in [-0.15, -0.1) is 11.3 Å². The van der Waals surface area contributed by atoms with E-state index in [0.717, 1.165) is 16.9 Å².